The van der Waals surface area contributed by atoms with Crippen molar-refractivity contribution >= 4 is 0 Å². The molecule has 1 rings (SSSR count). The normalized spacial score (nSPS) is 23.3. The summed E-state index contributed by atoms with van der Waals surface area (Å²) >= 11 is 0. The second-order valence-corrected chi connectivity index (χ2v) is 6.14. The number of hydrogen-bond acceptors (Lipinski definition) is 3. The van der Waals surface area contributed by atoms with Crippen molar-refractivity contribution in [1.29, 1.82) is 0 Å². The van der Waals surface area contributed by atoms with Crippen molar-refractivity contribution in [2.75, 3.05) is 26.3 Å². The smallest absolute Gasteiger partial charge is 0.0499 e. The van der Waals surface area contributed by atoms with Crippen molar-refractivity contribution < 1.29 is 10.2 Å². The van der Waals surface area contributed by atoms with Gasteiger partial charge in [0.25, 0.3) is 0 Å². The van der Waals surface area contributed by atoms with Crippen molar-refractivity contribution in [3.05, 3.63) is 0 Å². The summed E-state index contributed by atoms with van der Waals surface area (Å²) in [6, 6.07) is 0. The molecule has 0 radical (unpaired) electrons. The highest BCUT2D eigenvalue weighted by molar-refractivity contribution is 4.85. The Balaban J connectivity index is 2.37. The summed E-state index contributed by atoms with van der Waals surface area (Å²) in [7, 11) is 0. The summed E-state index contributed by atoms with van der Waals surface area (Å²) in [5.74, 6) is 0. The van der Waals surface area contributed by atoms with Gasteiger partial charge in [-0.25, -0.2) is 0 Å². The van der Waals surface area contributed by atoms with Crippen LogP contribution in [0, 0.1) is 10.8 Å². The fraction of sp³-hybridized carbons (Fsp3) is 1.00. The van der Waals surface area contributed by atoms with E-state index in [0.717, 1.165) is 32.4 Å². The molecule has 0 aromatic rings. The molecule has 1 unspecified atom stereocenters. The number of aliphatic hydroxyl groups is 2. The van der Waals surface area contributed by atoms with E-state index in [-0.39, 0.29) is 17.4 Å². The van der Waals surface area contributed by atoms with Crippen LogP contribution in [0.25, 0.3) is 0 Å². The van der Waals surface area contributed by atoms with E-state index in [2.05, 4.69) is 19.2 Å². The van der Waals surface area contributed by atoms with Crippen LogP contribution in [-0.2, 0) is 0 Å². The third-order valence-corrected chi connectivity index (χ3v) is 4.54. The lowest BCUT2D eigenvalue weighted by atomic mass is 9.74. The van der Waals surface area contributed by atoms with Crippen molar-refractivity contribution in [3.63, 3.8) is 0 Å². The zero-order valence-corrected chi connectivity index (χ0v) is 11.5. The predicted molar refractivity (Wildman–Crippen MR) is 71.0 cm³/mol. The van der Waals surface area contributed by atoms with Gasteiger partial charge in [-0.05, 0) is 19.3 Å². The number of nitrogens with one attached hydrogen (secondary N) is 1. The Hall–Kier alpha value is -0.120. The first-order valence-corrected chi connectivity index (χ1v) is 7.02. The van der Waals surface area contributed by atoms with E-state index in [1.165, 1.54) is 19.3 Å². The molecular formula is C14H29NO2. The molecule has 1 aliphatic rings. The van der Waals surface area contributed by atoms with Gasteiger partial charge in [0.15, 0.2) is 0 Å². The highest BCUT2D eigenvalue weighted by atomic mass is 16.3. The molecule has 3 N–H and O–H groups in total. The molecule has 0 aliphatic heterocycles. The van der Waals surface area contributed by atoms with Gasteiger partial charge in [-0.1, -0.05) is 33.1 Å². The standard InChI is InChI=1S/C14H29NO2/c1-3-13(2,11-16)9-15-10-14(12-17)7-5-4-6-8-14/h15-17H,3-12H2,1-2H3. The molecule has 1 fully saturated rings. The van der Waals surface area contributed by atoms with E-state index in [4.69, 9.17) is 0 Å². The first-order valence-electron chi connectivity index (χ1n) is 7.02. The number of rotatable bonds is 7. The maximum absolute atomic E-state index is 9.60. The molecule has 0 aromatic carbocycles. The second kappa shape index (κ2) is 6.72. The zero-order chi connectivity index (χ0) is 12.8. The van der Waals surface area contributed by atoms with Crippen LogP contribution in [0.2, 0.25) is 0 Å². The summed E-state index contributed by atoms with van der Waals surface area (Å²) in [4.78, 5) is 0. The van der Waals surface area contributed by atoms with Crippen molar-refractivity contribution in [2.45, 2.75) is 52.4 Å². The molecule has 102 valence electrons. The SMILES string of the molecule is CCC(C)(CO)CNCC1(CO)CCCCC1. The summed E-state index contributed by atoms with van der Waals surface area (Å²) in [5.41, 5.74) is 0.0771. The third kappa shape index (κ3) is 4.23. The summed E-state index contributed by atoms with van der Waals surface area (Å²) in [6.07, 6.45) is 7.05. The van der Waals surface area contributed by atoms with Crippen LogP contribution < -0.4 is 5.32 Å². The van der Waals surface area contributed by atoms with Crippen molar-refractivity contribution in [2.24, 2.45) is 10.8 Å². The number of hydrogen-bond donors (Lipinski definition) is 3. The molecule has 0 heterocycles. The second-order valence-electron chi connectivity index (χ2n) is 6.14. The van der Waals surface area contributed by atoms with Gasteiger partial charge in [-0.15, -0.1) is 0 Å². The van der Waals surface area contributed by atoms with E-state index < -0.39 is 0 Å². The predicted octanol–water partition coefficient (Wildman–Crippen LogP) is 1.93. The van der Waals surface area contributed by atoms with Crippen molar-refractivity contribution in [1.82, 2.24) is 5.32 Å². The van der Waals surface area contributed by atoms with Gasteiger partial charge >= 0.3 is 0 Å². The van der Waals surface area contributed by atoms with Crippen LogP contribution in [-0.4, -0.2) is 36.5 Å². The van der Waals surface area contributed by atoms with E-state index in [0.29, 0.717) is 6.61 Å². The quantitative estimate of drug-likeness (QED) is 0.640. The van der Waals surface area contributed by atoms with Gasteiger partial charge in [0.05, 0.1) is 0 Å². The first-order chi connectivity index (χ1) is 8.10. The van der Waals surface area contributed by atoms with Gasteiger partial charge in [0.2, 0.25) is 0 Å². The van der Waals surface area contributed by atoms with Crippen LogP contribution in [0.15, 0.2) is 0 Å². The lowest BCUT2D eigenvalue weighted by Crippen LogP contribution is -2.43. The van der Waals surface area contributed by atoms with Gasteiger partial charge < -0.3 is 15.5 Å². The van der Waals surface area contributed by atoms with Gasteiger partial charge in [-0.2, -0.15) is 0 Å². The first kappa shape index (κ1) is 14.9. The minimum atomic E-state index is -0.0225. The maximum Gasteiger partial charge on any atom is 0.0499 e. The highest BCUT2D eigenvalue weighted by Gasteiger charge is 2.31. The Morgan fingerprint density at radius 3 is 2.29 bits per heavy atom. The van der Waals surface area contributed by atoms with Crippen LogP contribution in [0.3, 0.4) is 0 Å². The average molecular weight is 243 g/mol. The lowest BCUT2D eigenvalue weighted by Gasteiger charge is -2.37. The van der Waals surface area contributed by atoms with E-state index >= 15 is 0 Å². The fourth-order valence-corrected chi connectivity index (χ4v) is 2.61. The topological polar surface area (TPSA) is 52.5 Å². The monoisotopic (exact) mass is 243 g/mol. The van der Waals surface area contributed by atoms with Crippen LogP contribution in [0.4, 0.5) is 0 Å². The minimum absolute atomic E-state index is 0.0225. The zero-order valence-electron chi connectivity index (χ0n) is 11.5. The molecular weight excluding hydrogens is 214 g/mol. The fourth-order valence-electron chi connectivity index (χ4n) is 2.61. The van der Waals surface area contributed by atoms with E-state index in [1.807, 2.05) is 0 Å². The number of aliphatic hydroxyl groups excluding tert-OH is 2. The third-order valence-electron chi connectivity index (χ3n) is 4.54. The molecule has 1 atom stereocenters. The highest BCUT2D eigenvalue weighted by Crippen LogP contribution is 2.35. The molecule has 0 aromatic heterocycles. The summed E-state index contributed by atoms with van der Waals surface area (Å²) < 4.78 is 0. The summed E-state index contributed by atoms with van der Waals surface area (Å²) in [5, 5.41) is 22.4. The van der Waals surface area contributed by atoms with Crippen LogP contribution >= 0.6 is 0 Å². The Kier molecular flexibility index (Phi) is 5.90. The lowest BCUT2D eigenvalue weighted by molar-refractivity contribution is 0.0720. The molecule has 0 spiro atoms. The van der Waals surface area contributed by atoms with Crippen molar-refractivity contribution in [3.8, 4) is 0 Å². The van der Waals surface area contributed by atoms with Gasteiger partial charge in [-0.3, -0.25) is 0 Å². The molecule has 3 heteroatoms. The van der Waals surface area contributed by atoms with Gasteiger partial charge in [0.1, 0.15) is 0 Å². The van der Waals surface area contributed by atoms with E-state index in [1.54, 1.807) is 0 Å². The van der Waals surface area contributed by atoms with Gasteiger partial charge in [0, 0.05) is 37.1 Å². The molecule has 0 amide bonds. The van der Waals surface area contributed by atoms with E-state index in [9.17, 15) is 10.2 Å². The molecule has 3 nitrogen and oxygen atoms in total. The Bertz CT molecular complexity index is 208. The Morgan fingerprint density at radius 1 is 1.18 bits per heavy atom. The minimum Gasteiger partial charge on any atom is -0.396 e. The molecule has 0 bridgehead atoms. The Labute approximate surface area is 106 Å². The maximum atomic E-state index is 9.60. The molecule has 1 saturated carbocycles. The Morgan fingerprint density at radius 2 is 1.82 bits per heavy atom. The van der Waals surface area contributed by atoms with Crippen LogP contribution in [0.1, 0.15) is 52.4 Å². The molecule has 1 aliphatic carbocycles. The molecule has 0 saturated heterocycles. The summed E-state index contributed by atoms with van der Waals surface area (Å²) in [6.45, 7) is 6.46. The largest absolute Gasteiger partial charge is 0.396 e. The van der Waals surface area contributed by atoms with Crippen LogP contribution in [0.5, 0.6) is 0 Å². The molecule has 17 heavy (non-hydrogen) atoms. The average Bonchev–Trinajstić information content (AvgIpc) is 2.39.